The van der Waals surface area contributed by atoms with Crippen molar-refractivity contribution in [2.75, 3.05) is 11.1 Å². The number of phenolic OH excluding ortho intramolecular Hbond substituents is 2. The number of hydrogen-bond donors (Lipinski definition) is 4. The van der Waals surface area contributed by atoms with Crippen LogP contribution in [0.25, 0.3) is 0 Å². The van der Waals surface area contributed by atoms with Gasteiger partial charge in [0.15, 0.2) is 0 Å². The number of amides is 1. The molecule has 0 aliphatic carbocycles. The number of phenols is 2. The molecule has 1 amide bonds. The van der Waals surface area contributed by atoms with E-state index in [2.05, 4.69) is 5.32 Å². The van der Waals surface area contributed by atoms with Gasteiger partial charge in [-0.1, -0.05) is 6.07 Å². The molecule has 2 aromatic carbocycles. The third-order valence-corrected chi connectivity index (χ3v) is 2.68. The summed E-state index contributed by atoms with van der Waals surface area (Å²) in [6.45, 7) is 1.88. The zero-order chi connectivity index (χ0) is 14.0. The van der Waals surface area contributed by atoms with Crippen LogP contribution in [0, 0.1) is 6.92 Å². The van der Waals surface area contributed by atoms with Gasteiger partial charge in [-0.05, 0) is 42.8 Å². The average molecular weight is 258 g/mol. The molecule has 0 saturated carbocycles. The van der Waals surface area contributed by atoms with Crippen LogP contribution in [-0.2, 0) is 0 Å². The number of nitrogens with two attached hydrogens (primary N) is 1. The molecule has 0 unspecified atom stereocenters. The zero-order valence-electron chi connectivity index (χ0n) is 10.3. The topological polar surface area (TPSA) is 95.6 Å². The number of rotatable bonds is 2. The Morgan fingerprint density at radius 3 is 2.63 bits per heavy atom. The Morgan fingerprint density at radius 2 is 1.89 bits per heavy atom. The molecule has 0 bridgehead atoms. The van der Waals surface area contributed by atoms with Gasteiger partial charge in [0, 0.05) is 0 Å². The number of anilines is 2. The van der Waals surface area contributed by atoms with E-state index in [0.717, 1.165) is 5.56 Å². The first-order valence-electron chi connectivity index (χ1n) is 5.67. The van der Waals surface area contributed by atoms with Gasteiger partial charge in [0.2, 0.25) is 0 Å². The second kappa shape index (κ2) is 4.89. The summed E-state index contributed by atoms with van der Waals surface area (Å²) in [6, 6.07) is 8.99. The first-order valence-corrected chi connectivity index (χ1v) is 5.67. The Labute approximate surface area is 110 Å². The van der Waals surface area contributed by atoms with Crippen LogP contribution in [0.4, 0.5) is 11.4 Å². The highest BCUT2D eigenvalue weighted by Gasteiger charge is 2.13. The smallest absolute Gasteiger partial charge is 0.259 e. The molecule has 2 rings (SSSR count). The van der Waals surface area contributed by atoms with E-state index in [1.807, 2.05) is 13.0 Å². The minimum absolute atomic E-state index is 0.0130. The summed E-state index contributed by atoms with van der Waals surface area (Å²) in [6.07, 6.45) is 0. The molecule has 0 heterocycles. The molecule has 5 nitrogen and oxygen atoms in total. The fraction of sp³-hybridized carbons (Fsp3) is 0.0714. The van der Waals surface area contributed by atoms with Gasteiger partial charge in [-0.15, -0.1) is 0 Å². The number of aryl methyl sites for hydroxylation is 1. The Hall–Kier alpha value is -2.69. The molecule has 0 saturated heterocycles. The van der Waals surface area contributed by atoms with Crippen molar-refractivity contribution in [2.24, 2.45) is 0 Å². The van der Waals surface area contributed by atoms with Crippen LogP contribution in [0.1, 0.15) is 15.9 Å². The molecule has 0 radical (unpaired) electrons. The van der Waals surface area contributed by atoms with E-state index in [9.17, 15) is 15.0 Å². The fourth-order valence-corrected chi connectivity index (χ4v) is 1.67. The van der Waals surface area contributed by atoms with Gasteiger partial charge >= 0.3 is 0 Å². The quantitative estimate of drug-likeness (QED) is 0.490. The van der Waals surface area contributed by atoms with Crippen LogP contribution >= 0.6 is 0 Å². The van der Waals surface area contributed by atoms with Crippen LogP contribution in [0.2, 0.25) is 0 Å². The van der Waals surface area contributed by atoms with Crippen LogP contribution in [0.15, 0.2) is 36.4 Å². The number of nitrogen functional groups attached to an aromatic ring is 1. The van der Waals surface area contributed by atoms with Gasteiger partial charge < -0.3 is 21.3 Å². The summed E-state index contributed by atoms with van der Waals surface area (Å²) in [5.74, 6) is -0.840. The normalized spacial score (nSPS) is 10.2. The minimum Gasteiger partial charge on any atom is -0.508 e. The minimum atomic E-state index is -0.536. The number of nitrogens with one attached hydrogen (secondary N) is 1. The SMILES string of the molecule is Cc1ccc(N)c(NC(=O)c2cc(O)ccc2O)c1. The van der Waals surface area contributed by atoms with E-state index < -0.39 is 5.91 Å². The van der Waals surface area contributed by atoms with Crippen molar-refractivity contribution in [3.63, 3.8) is 0 Å². The lowest BCUT2D eigenvalue weighted by molar-refractivity contribution is 0.102. The molecule has 0 atom stereocenters. The fourth-order valence-electron chi connectivity index (χ4n) is 1.67. The lowest BCUT2D eigenvalue weighted by Crippen LogP contribution is -2.13. The number of aromatic hydroxyl groups is 2. The lowest BCUT2D eigenvalue weighted by Gasteiger charge is -2.10. The van der Waals surface area contributed by atoms with Crippen LogP contribution < -0.4 is 11.1 Å². The monoisotopic (exact) mass is 258 g/mol. The first-order chi connectivity index (χ1) is 8.97. The molecule has 19 heavy (non-hydrogen) atoms. The van der Waals surface area contributed by atoms with E-state index in [0.29, 0.717) is 11.4 Å². The van der Waals surface area contributed by atoms with Crippen molar-refractivity contribution in [2.45, 2.75) is 6.92 Å². The highest BCUT2D eigenvalue weighted by Crippen LogP contribution is 2.25. The van der Waals surface area contributed by atoms with E-state index in [4.69, 9.17) is 5.73 Å². The summed E-state index contributed by atoms with van der Waals surface area (Å²) >= 11 is 0. The van der Waals surface area contributed by atoms with Gasteiger partial charge in [-0.25, -0.2) is 0 Å². The van der Waals surface area contributed by atoms with Crippen LogP contribution in [-0.4, -0.2) is 16.1 Å². The molecule has 0 aliphatic rings. The van der Waals surface area contributed by atoms with E-state index in [1.165, 1.54) is 18.2 Å². The molecular weight excluding hydrogens is 244 g/mol. The predicted molar refractivity (Wildman–Crippen MR) is 73.3 cm³/mol. The molecular formula is C14H14N2O3. The molecule has 0 fully saturated rings. The summed E-state index contributed by atoms with van der Waals surface area (Å²) in [5.41, 5.74) is 7.59. The van der Waals surface area contributed by atoms with Crippen LogP contribution in [0.3, 0.4) is 0 Å². The number of carbonyl (C=O) groups is 1. The van der Waals surface area contributed by atoms with Gasteiger partial charge in [0.05, 0.1) is 16.9 Å². The molecule has 5 N–H and O–H groups in total. The average Bonchev–Trinajstić information content (AvgIpc) is 2.36. The highest BCUT2D eigenvalue weighted by molar-refractivity contribution is 6.07. The predicted octanol–water partition coefficient (Wildman–Crippen LogP) is 2.24. The number of hydrogen-bond acceptors (Lipinski definition) is 4. The summed E-state index contributed by atoms with van der Waals surface area (Å²) in [5, 5.41) is 21.5. The van der Waals surface area contributed by atoms with E-state index in [-0.39, 0.29) is 17.1 Å². The second-order valence-corrected chi connectivity index (χ2v) is 4.25. The summed E-state index contributed by atoms with van der Waals surface area (Å²) in [7, 11) is 0. The van der Waals surface area contributed by atoms with Crippen LogP contribution in [0.5, 0.6) is 11.5 Å². The molecule has 5 heteroatoms. The highest BCUT2D eigenvalue weighted by atomic mass is 16.3. The number of benzene rings is 2. The van der Waals surface area contributed by atoms with E-state index in [1.54, 1.807) is 12.1 Å². The van der Waals surface area contributed by atoms with Crippen molar-refractivity contribution >= 4 is 17.3 Å². The maximum Gasteiger partial charge on any atom is 0.259 e. The Kier molecular flexibility index (Phi) is 3.29. The summed E-state index contributed by atoms with van der Waals surface area (Å²) in [4.78, 5) is 12.0. The lowest BCUT2D eigenvalue weighted by atomic mass is 10.1. The zero-order valence-corrected chi connectivity index (χ0v) is 10.3. The number of carbonyl (C=O) groups excluding carboxylic acids is 1. The van der Waals surface area contributed by atoms with Gasteiger partial charge in [-0.3, -0.25) is 4.79 Å². The standard InChI is InChI=1S/C14H14N2O3/c1-8-2-4-11(15)12(6-8)16-14(19)10-7-9(17)3-5-13(10)18/h2-7,17-18H,15H2,1H3,(H,16,19). The Bertz CT molecular complexity index is 639. The van der Waals surface area contributed by atoms with Crippen molar-refractivity contribution in [1.82, 2.24) is 0 Å². The third kappa shape index (κ3) is 2.77. The Morgan fingerprint density at radius 1 is 1.16 bits per heavy atom. The summed E-state index contributed by atoms with van der Waals surface area (Å²) < 4.78 is 0. The van der Waals surface area contributed by atoms with Gasteiger partial charge in [0.25, 0.3) is 5.91 Å². The molecule has 98 valence electrons. The van der Waals surface area contributed by atoms with Gasteiger partial charge in [0.1, 0.15) is 11.5 Å². The molecule has 0 aromatic heterocycles. The van der Waals surface area contributed by atoms with Crippen molar-refractivity contribution in [3.8, 4) is 11.5 Å². The van der Waals surface area contributed by atoms with Crippen molar-refractivity contribution < 1.29 is 15.0 Å². The van der Waals surface area contributed by atoms with Crippen molar-refractivity contribution in [3.05, 3.63) is 47.5 Å². The molecule has 0 aliphatic heterocycles. The van der Waals surface area contributed by atoms with Crippen molar-refractivity contribution in [1.29, 1.82) is 0 Å². The third-order valence-electron chi connectivity index (χ3n) is 2.68. The maximum atomic E-state index is 12.0. The first kappa shape index (κ1) is 12.8. The molecule has 2 aromatic rings. The second-order valence-electron chi connectivity index (χ2n) is 4.25. The molecule has 0 spiro atoms. The maximum absolute atomic E-state index is 12.0. The largest absolute Gasteiger partial charge is 0.508 e. The Balaban J connectivity index is 2.30. The van der Waals surface area contributed by atoms with Gasteiger partial charge in [-0.2, -0.15) is 0 Å². The van der Waals surface area contributed by atoms with E-state index >= 15 is 0 Å².